The maximum absolute atomic E-state index is 13.1. The third-order valence-electron chi connectivity index (χ3n) is 5.99. The quantitative estimate of drug-likeness (QED) is 0.689. The van der Waals surface area contributed by atoms with Gasteiger partial charge in [0.15, 0.2) is 0 Å². The second-order valence-corrected chi connectivity index (χ2v) is 9.14. The van der Waals surface area contributed by atoms with Gasteiger partial charge in [-0.3, -0.25) is 14.4 Å². The van der Waals surface area contributed by atoms with Gasteiger partial charge in [0.25, 0.3) is 11.8 Å². The minimum atomic E-state index is -0.625. The first-order valence-electron chi connectivity index (χ1n) is 10.9. The minimum Gasteiger partial charge on any atom is -0.352 e. The predicted molar refractivity (Wildman–Crippen MR) is 123 cm³/mol. The summed E-state index contributed by atoms with van der Waals surface area (Å²) in [7, 11) is 0. The fourth-order valence-electron chi connectivity index (χ4n) is 3.87. The number of hydrogen-bond acceptors (Lipinski definition) is 4. The number of benzene rings is 1. The number of carbonyl (C=O) groups is 3. The van der Waals surface area contributed by atoms with E-state index in [0.717, 1.165) is 16.9 Å². The molecule has 166 valence electrons. The van der Waals surface area contributed by atoms with Gasteiger partial charge in [0.05, 0.1) is 4.88 Å². The lowest BCUT2D eigenvalue weighted by Crippen LogP contribution is -2.55. The summed E-state index contributed by atoms with van der Waals surface area (Å²) in [5, 5.41) is 7.91. The van der Waals surface area contributed by atoms with Crippen molar-refractivity contribution in [3.63, 3.8) is 0 Å². The number of likely N-dealkylation sites (tertiary alicyclic amines) is 1. The Hall–Kier alpha value is -2.67. The summed E-state index contributed by atoms with van der Waals surface area (Å²) in [5.74, 6) is -0.374. The third-order valence-corrected chi connectivity index (χ3v) is 6.85. The molecule has 1 aliphatic heterocycles. The van der Waals surface area contributed by atoms with Crippen molar-refractivity contribution in [1.29, 1.82) is 0 Å². The molecule has 0 saturated carbocycles. The monoisotopic (exact) mass is 441 g/mol. The first-order valence-corrected chi connectivity index (χ1v) is 11.8. The van der Waals surface area contributed by atoms with E-state index in [9.17, 15) is 14.4 Å². The Kier molecular flexibility index (Phi) is 7.85. The van der Waals surface area contributed by atoms with Gasteiger partial charge in [-0.15, -0.1) is 11.3 Å². The number of rotatable bonds is 7. The van der Waals surface area contributed by atoms with Crippen LogP contribution in [0.25, 0.3) is 0 Å². The summed E-state index contributed by atoms with van der Waals surface area (Å²) >= 11 is 1.44. The molecule has 3 amide bonds. The summed E-state index contributed by atoms with van der Waals surface area (Å²) in [4.78, 5) is 41.2. The van der Waals surface area contributed by atoms with E-state index in [1.54, 1.807) is 6.07 Å². The maximum Gasteiger partial charge on any atom is 0.263 e. The van der Waals surface area contributed by atoms with E-state index >= 15 is 0 Å². The highest BCUT2D eigenvalue weighted by Gasteiger charge is 2.34. The molecule has 0 bridgehead atoms. The lowest BCUT2D eigenvalue weighted by Gasteiger charge is -2.36. The van der Waals surface area contributed by atoms with Crippen LogP contribution in [0.4, 0.5) is 0 Å². The predicted octanol–water partition coefficient (Wildman–Crippen LogP) is 3.62. The number of amides is 3. The van der Waals surface area contributed by atoms with Crippen molar-refractivity contribution in [1.82, 2.24) is 15.5 Å². The fourth-order valence-corrected chi connectivity index (χ4v) is 4.56. The number of hydrogen-bond donors (Lipinski definition) is 2. The van der Waals surface area contributed by atoms with Crippen molar-refractivity contribution in [3.05, 3.63) is 57.8 Å². The van der Waals surface area contributed by atoms with E-state index < -0.39 is 6.04 Å². The Morgan fingerprint density at radius 2 is 1.81 bits per heavy atom. The van der Waals surface area contributed by atoms with Gasteiger partial charge in [-0.05, 0) is 62.1 Å². The van der Waals surface area contributed by atoms with Crippen molar-refractivity contribution in [2.45, 2.75) is 52.1 Å². The summed E-state index contributed by atoms with van der Waals surface area (Å²) < 4.78 is 0. The van der Waals surface area contributed by atoms with Gasteiger partial charge in [0.1, 0.15) is 6.04 Å². The molecule has 0 aliphatic carbocycles. The Bertz CT molecular complexity index is 905. The van der Waals surface area contributed by atoms with E-state index in [-0.39, 0.29) is 29.7 Å². The van der Waals surface area contributed by atoms with E-state index in [1.165, 1.54) is 11.3 Å². The lowest BCUT2D eigenvalue weighted by molar-refractivity contribution is -0.125. The SMILES string of the molecule is CC[C@H](C)NC(=O)[C@@H](NC(=O)c1ccccc1C)C1CCN(C(=O)c2cccs2)CC1. The van der Waals surface area contributed by atoms with Crippen molar-refractivity contribution in [2.75, 3.05) is 13.1 Å². The van der Waals surface area contributed by atoms with Gasteiger partial charge in [-0.2, -0.15) is 0 Å². The van der Waals surface area contributed by atoms with E-state index in [4.69, 9.17) is 0 Å². The number of aryl methyl sites for hydroxylation is 1. The average molecular weight is 442 g/mol. The summed E-state index contributed by atoms with van der Waals surface area (Å²) in [5.41, 5.74) is 1.45. The lowest BCUT2D eigenvalue weighted by atomic mass is 9.88. The van der Waals surface area contributed by atoms with Crippen LogP contribution >= 0.6 is 11.3 Å². The molecule has 6 nitrogen and oxygen atoms in total. The molecule has 2 N–H and O–H groups in total. The van der Waals surface area contributed by atoms with Crippen LogP contribution in [-0.2, 0) is 4.79 Å². The highest BCUT2D eigenvalue weighted by molar-refractivity contribution is 7.12. The van der Waals surface area contributed by atoms with Crippen LogP contribution in [-0.4, -0.2) is 47.8 Å². The third kappa shape index (κ3) is 5.73. The number of thiophene rings is 1. The van der Waals surface area contributed by atoms with E-state index in [0.29, 0.717) is 31.5 Å². The summed E-state index contributed by atoms with van der Waals surface area (Å²) in [6.07, 6.45) is 2.16. The van der Waals surface area contributed by atoms with Crippen molar-refractivity contribution in [2.24, 2.45) is 5.92 Å². The zero-order valence-corrected chi connectivity index (χ0v) is 19.2. The molecule has 1 saturated heterocycles. The van der Waals surface area contributed by atoms with Gasteiger partial charge in [-0.1, -0.05) is 31.2 Å². The van der Waals surface area contributed by atoms with Crippen LogP contribution in [0.2, 0.25) is 0 Å². The van der Waals surface area contributed by atoms with Gasteiger partial charge in [-0.25, -0.2) is 0 Å². The zero-order valence-electron chi connectivity index (χ0n) is 18.4. The smallest absolute Gasteiger partial charge is 0.263 e. The van der Waals surface area contributed by atoms with Crippen LogP contribution in [0.3, 0.4) is 0 Å². The summed E-state index contributed by atoms with van der Waals surface area (Å²) in [6.45, 7) is 7.02. The highest BCUT2D eigenvalue weighted by Crippen LogP contribution is 2.24. The highest BCUT2D eigenvalue weighted by atomic mass is 32.1. The fraction of sp³-hybridized carbons (Fsp3) is 0.458. The molecule has 1 aromatic heterocycles. The minimum absolute atomic E-state index is 0.0237. The van der Waals surface area contributed by atoms with Crippen molar-refractivity contribution in [3.8, 4) is 0 Å². The molecule has 1 aliphatic rings. The van der Waals surface area contributed by atoms with Gasteiger partial charge >= 0.3 is 0 Å². The molecule has 3 rings (SSSR count). The molecule has 7 heteroatoms. The van der Waals surface area contributed by atoms with Crippen molar-refractivity contribution >= 4 is 29.1 Å². The van der Waals surface area contributed by atoms with Crippen LogP contribution in [0.1, 0.15) is 58.7 Å². The van der Waals surface area contributed by atoms with Crippen LogP contribution in [0, 0.1) is 12.8 Å². The second-order valence-electron chi connectivity index (χ2n) is 8.19. The van der Waals surface area contributed by atoms with Crippen LogP contribution < -0.4 is 10.6 Å². The topological polar surface area (TPSA) is 78.5 Å². The van der Waals surface area contributed by atoms with Gasteiger partial charge in [0, 0.05) is 24.7 Å². The largest absolute Gasteiger partial charge is 0.352 e. The molecule has 2 atom stereocenters. The number of nitrogens with zero attached hydrogens (tertiary/aromatic N) is 1. The first kappa shape index (κ1) is 23.0. The Labute approximate surface area is 188 Å². The van der Waals surface area contributed by atoms with Crippen molar-refractivity contribution < 1.29 is 14.4 Å². The molecular weight excluding hydrogens is 410 g/mol. The molecule has 0 radical (unpaired) electrons. The molecule has 2 aromatic rings. The molecule has 1 fully saturated rings. The summed E-state index contributed by atoms with van der Waals surface area (Å²) in [6, 6.07) is 10.5. The molecular formula is C24H31N3O3S. The van der Waals surface area contributed by atoms with E-state index in [2.05, 4.69) is 10.6 Å². The van der Waals surface area contributed by atoms with Crippen LogP contribution in [0.5, 0.6) is 0 Å². The standard InChI is InChI=1S/C24H31N3O3S/c1-4-17(3)25-23(29)21(26-22(28)19-9-6-5-8-16(19)2)18-11-13-27(14-12-18)24(30)20-10-7-15-31-20/h5-10,15,17-18,21H,4,11-14H2,1-3H3,(H,25,29)(H,26,28)/t17-,21-/m0/s1. The van der Waals surface area contributed by atoms with Gasteiger partial charge in [0.2, 0.25) is 5.91 Å². The van der Waals surface area contributed by atoms with Gasteiger partial charge < -0.3 is 15.5 Å². The average Bonchev–Trinajstić information content (AvgIpc) is 3.32. The Balaban J connectivity index is 1.71. The molecule has 0 spiro atoms. The molecule has 1 aromatic carbocycles. The first-order chi connectivity index (χ1) is 14.9. The molecule has 0 unspecified atom stereocenters. The second kappa shape index (κ2) is 10.6. The number of carbonyl (C=O) groups excluding carboxylic acids is 3. The Morgan fingerprint density at radius 1 is 1.10 bits per heavy atom. The normalized spacial score (nSPS) is 16.4. The zero-order chi connectivity index (χ0) is 22.4. The number of nitrogens with one attached hydrogen (secondary N) is 2. The van der Waals surface area contributed by atoms with Crippen LogP contribution in [0.15, 0.2) is 41.8 Å². The number of piperidine rings is 1. The Morgan fingerprint density at radius 3 is 2.42 bits per heavy atom. The molecule has 2 heterocycles. The maximum atomic E-state index is 13.1. The molecule has 31 heavy (non-hydrogen) atoms. The van der Waals surface area contributed by atoms with E-state index in [1.807, 2.05) is 61.4 Å².